The molecule has 0 aromatic rings. The highest BCUT2D eigenvalue weighted by Gasteiger charge is 2.28. The minimum absolute atomic E-state index is 0.131. The third-order valence-corrected chi connectivity index (χ3v) is 2.29. The lowest BCUT2D eigenvalue weighted by atomic mass is 10.2. The van der Waals surface area contributed by atoms with Gasteiger partial charge in [0.25, 0.3) is 0 Å². The standard InChI is InChI=1S/C10H13F3N2O3/c11-10(12,13)7-17-3-1-9(16)15-2-4-18-8(5-14)6-15/h8H,1-4,6-7H2. The van der Waals surface area contributed by atoms with Gasteiger partial charge in [-0.2, -0.15) is 18.4 Å². The topological polar surface area (TPSA) is 62.6 Å². The largest absolute Gasteiger partial charge is 0.411 e. The SMILES string of the molecule is N#CC1CN(C(=O)CCOCC(F)(F)F)CCO1. The van der Waals surface area contributed by atoms with Crippen LogP contribution in [0.4, 0.5) is 13.2 Å². The summed E-state index contributed by atoms with van der Waals surface area (Å²) in [5.74, 6) is -0.333. The lowest BCUT2D eigenvalue weighted by molar-refractivity contribution is -0.175. The number of carbonyl (C=O) groups excluding carboxylic acids is 1. The Hall–Kier alpha value is -1.33. The van der Waals surface area contributed by atoms with E-state index in [1.54, 1.807) is 0 Å². The lowest BCUT2D eigenvalue weighted by Gasteiger charge is -2.29. The summed E-state index contributed by atoms with van der Waals surface area (Å²) in [4.78, 5) is 13.0. The van der Waals surface area contributed by atoms with Gasteiger partial charge in [0.1, 0.15) is 6.61 Å². The van der Waals surface area contributed by atoms with Crippen LogP contribution in [0, 0.1) is 11.3 Å². The summed E-state index contributed by atoms with van der Waals surface area (Å²) in [6.45, 7) is -0.893. The third kappa shape index (κ3) is 5.33. The molecule has 1 rings (SSSR count). The number of nitrogens with zero attached hydrogens (tertiary/aromatic N) is 2. The second kappa shape index (κ2) is 6.56. The molecule has 1 aliphatic heterocycles. The molecule has 1 saturated heterocycles. The van der Waals surface area contributed by atoms with Gasteiger partial charge < -0.3 is 14.4 Å². The Morgan fingerprint density at radius 3 is 2.89 bits per heavy atom. The maximum absolute atomic E-state index is 11.8. The van der Waals surface area contributed by atoms with E-state index >= 15 is 0 Å². The van der Waals surface area contributed by atoms with Gasteiger partial charge in [0.2, 0.25) is 5.91 Å². The van der Waals surface area contributed by atoms with Crippen LogP contribution in [-0.2, 0) is 14.3 Å². The molecule has 102 valence electrons. The number of halogens is 3. The van der Waals surface area contributed by atoms with Gasteiger partial charge >= 0.3 is 6.18 Å². The van der Waals surface area contributed by atoms with Crippen molar-refractivity contribution >= 4 is 5.91 Å². The number of ether oxygens (including phenoxy) is 2. The molecule has 5 nitrogen and oxygen atoms in total. The summed E-state index contributed by atoms with van der Waals surface area (Å²) < 4.78 is 44.7. The third-order valence-electron chi connectivity index (χ3n) is 2.29. The van der Waals surface area contributed by atoms with Crippen LogP contribution in [0.3, 0.4) is 0 Å². The molecule has 8 heteroatoms. The number of morpholine rings is 1. The van der Waals surface area contributed by atoms with E-state index in [9.17, 15) is 18.0 Å². The number of carbonyl (C=O) groups is 1. The van der Waals surface area contributed by atoms with E-state index in [1.807, 2.05) is 6.07 Å². The molecule has 0 aromatic heterocycles. The van der Waals surface area contributed by atoms with Crippen molar-refractivity contribution in [2.45, 2.75) is 18.7 Å². The lowest BCUT2D eigenvalue weighted by Crippen LogP contribution is -2.45. The molecular weight excluding hydrogens is 253 g/mol. The zero-order valence-electron chi connectivity index (χ0n) is 9.57. The van der Waals surface area contributed by atoms with Crippen LogP contribution in [0.15, 0.2) is 0 Å². The molecule has 0 spiro atoms. The number of nitriles is 1. The molecule has 1 atom stereocenters. The Morgan fingerprint density at radius 1 is 1.56 bits per heavy atom. The van der Waals surface area contributed by atoms with Crippen LogP contribution in [0.25, 0.3) is 0 Å². The average Bonchev–Trinajstić information content (AvgIpc) is 2.33. The predicted octanol–water partition coefficient (Wildman–Crippen LogP) is 0.706. The number of hydrogen-bond donors (Lipinski definition) is 0. The minimum atomic E-state index is -4.38. The molecule has 1 fully saturated rings. The van der Waals surface area contributed by atoms with Gasteiger partial charge in [0.05, 0.1) is 32.2 Å². The molecule has 1 unspecified atom stereocenters. The van der Waals surface area contributed by atoms with Crippen molar-refractivity contribution in [3.63, 3.8) is 0 Å². The Labute approximate surface area is 102 Å². The highest BCUT2D eigenvalue weighted by atomic mass is 19.4. The highest BCUT2D eigenvalue weighted by molar-refractivity contribution is 5.76. The molecule has 0 saturated carbocycles. The van der Waals surface area contributed by atoms with Crippen LogP contribution in [0.2, 0.25) is 0 Å². The molecule has 0 aliphatic carbocycles. The van der Waals surface area contributed by atoms with Crippen molar-refractivity contribution in [3.05, 3.63) is 0 Å². The van der Waals surface area contributed by atoms with Crippen molar-refractivity contribution in [1.82, 2.24) is 4.90 Å². The van der Waals surface area contributed by atoms with E-state index in [1.165, 1.54) is 4.90 Å². The van der Waals surface area contributed by atoms with Crippen LogP contribution < -0.4 is 0 Å². The van der Waals surface area contributed by atoms with Crippen molar-refractivity contribution in [1.29, 1.82) is 5.26 Å². The van der Waals surface area contributed by atoms with Gasteiger partial charge in [-0.15, -0.1) is 0 Å². The Morgan fingerprint density at radius 2 is 2.28 bits per heavy atom. The summed E-state index contributed by atoms with van der Waals surface area (Å²) in [5, 5.41) is 8.63. The van der Waals surface area contributed by atoms with Crippen LogP contribution >= 0.6 is 0 Å². The molecule has 1 heterocycles. The van der Waals surface area contributed by atoms with Crippen LogP contribution in [-0.4, -0.2) is 56.0 Å². The zero-order chi connectivity index (χ0) is 13.6. The van der Waals surface area contributed by atoms with Gasteiger partial charge in [-0.3, -0.25) is 4.79 Å². The van der Waals surface area contributed by atoms with Crippen molar-refractivity contribution in [2.75, 3.05) is 32.9 Å². The van der Waals surface area contributed by atoms with Crippen LogP contribution in [0.5, 0.6) is 0 Å². The van der Waals surface area contributed by atoms with E-state index in [-0.39, 0.29) is 32.1 Å². The van der Waals surface area contributed by atoms with Crippen molar-refractivity contribution < 1.29 is 27.4 Å². The van der Waals surface area contributed by atoms with Crippen LogP contribution in [0.1, 0.15) is 6.42 Å². The molecule has 0 N–H and O–H groups in total. The Kier molecular flexibility index (Phi) is 5.37. The maximum atomic E-state index is 11.8. The molecule has 18 heavy (non-hydrogen) atoms. The molecule has 0 aromatic carbocycles. The first kappa shape index (κ1) is 14.7. The summed E-state index contributed by atoms with van der Waals surface area (Å²) >= 11 is 0. The summed E-state index contributed by atoms with van der Waals surface area (Å²) in [6.07, 6.45) is -5.18. The first-order chi connectivity index (χ1) is 8.42. The molecule has 0 radical (unpaired) electrons. The first-order valence-corrected chi connectivity index (χ1v) is 5.36. The summed E-state index contributed by atoms with van der Waals surface area (Å²) in [5.41, 5.74) is 0. The number of alkyl halides is 3. The van der Waals surface area contributed by atoms with Gasteiger partial charge in [-0.25, -0.2) is 0 Å². The molecular formula is C10H13F3N2O3. The minimum Gasteiger partial charge on any atom is -0.372 e. The smallest absolute Gasteiger partial charge is 0.372 e. The van der Waals surface area contributed by atoms with Gasteiger partial charge in [0.15, 0.2) is 6.10 Å². The summed E-state index contributed by atoms with van der Waals surface area (Å²) in [6, 6.07) is 1.88. The fraction of sp³-hybridized carbons (Fsp3) is 0.800. The second-order valence-corrected chi connectivity index (χ2v) is 3.75. The van der Waals surface area contributed by atoms with E-state index < -0.39 is 18.9 Å². The van der Waals surface area contributed by atoms with Gasteiger partial charge in [-0.1, -0.05) is 0 Å². The second-order valence-electron chi connectivity index (χ2n) is 3.75. The molecule has 1 aliphatic rings. The monoisotopic (exact) mass is 266 g/mol. The average molecular weight is 266 g/mol. The highest BCUT2D eigenvalue weighted by Crippen LogP contribution is 2.14. The number of rotatable bonds is 4. The fourth-order valence-corrected chi connectivity index (χ4v) is 1.46. The first-order valence-electron chi connectivity index (χ1n) is 5.36. The van der Waals surface area contributed by atoms with E-state index in [2.05, 4.69) is 4.74 Å². The zero-order valence-corrected chi connectivity index (χ0v) is 9.57. The molecule has 0 bridgehead atoms. The number of amides is 1. The Bertz CT molecular complexity index is 327. The number of hydrogen-bond acceptors (Lipinski definition) is 4. The normalized spacial score (nSPS) is 20.6. The fourth-order valence-electron chi connectivity index (χ4n) is 1.46. The van der Waals surface area contributed by atoms with Gasteiger partial charge in [0, 0.05) is 6.54 Å². The maximum Gasteiger partial charge on any atom is 0.411 e. The van der Waals surface area contributed by atoms with Crippen molar-refractivity contribution in [2.24, 2.45) is 0 Å². The van der Waals surface area contributed by atoms with Gasteiger partial charge in [-0.05, 0) is 0 Å². The quantitative estimate of drug-likeness (QED) is 0.703. The van der Waals surface area contributed by atoms with Crippen molar-refractivity contribution in [3.8, 4) is 6.07 Å². The van der Waals surface area contributed by atoms with E-state index in [4.69, 9.17) is 10.00 Å². The summed E-state index contributed by atoms with van der Waals surface area (Å²) in [7, 11) is 0. The van der Waals surface area contributed by atoms with E-state index in [0.717, 1.165) is 0 Å². The van der Waals surface area contributed by atoms with E-state index in [0.29, 0.717) is 6.54 Å². The Balaban J connectivity index is 2.22. The molecule has 1 amide bonds. The predicted molar refractivity (Wildman–Crippen MR) is 53.4 cm³/mol.